The molecule has 0 aliphatic rings. The molecule has 0 heterocycles. The van der Waals surface area contributed by atoms with E-state index in [4.69, 9.17) is 9.47 Å². The van der Waals surface area contributed by atoms with Crippen molar-refractivity contribution >= 4 is 15.7 Å². The van der Waals surface area contributed by atoms with Crippen LogP contribution in [0.2, 0.25) is 0 Å². The van der Waals surface area contributed by atoms with E-state index in [1.54, 1.807) is 18.7 Å². The van der Waals surface area contributed by atoms with Gasteiger partial charge in [-0.1, -0.05) is 27.7 Å². The number of ether oxygens (including phenoxy) is 2. The Balaban J connectivity index is 4.85. The summed E-state index contributed by atoms with van der Waals surface area (Å²) in [5.41, 5.74) is -1.20. The standard InChI is InChI=1S/C27H56N2O5S/c1-14-27(10,20-33-19-24(4,5)21-35(31,32)22(2)3)18-29(13)23(30)17-26(8,9)34-16-15-25(6,7)28(11)12/h22H,14-21H2,1-13H3. The van der Waals surface area contributed by atoms with Crippen LogP contribution in [0.25, 0.3) is 0 Å². The Labute approximate surface area is 217 Å². The second-order valence-corrected chi connectivity index (χ2v) is 15.7. The number of carbonyl (C=O) groups is 1. The van der Waals surface area contributed by atoms with Crippen molar-refractivity contribution in [2.75, 3.05) is 53.3 Å². The van der Waals surface area contributed by atoms with Gasteiger partial charge in [-0.05, 0) is 68.5 Å². The van der Waals surface area contributed by atoms with Crippen LogP contribution in [0.15, 0.2) is 0 Å². The molecule has 0 saturated heterocycles. The number of nitrogens with zero attached hydrogens (tertiary/aromatic N) is 2. The first-order valence-electron chi connectivity index (χ1n) is 12.9. The second-order valence-electron chi connectivity index (χ2n) is 13.2. The Hall–Kier alpha value is -0.700. The average molecular weight is 521 g/mol. The molecule has 0 aromatic carbocycles. The van der Waals surface area contributed by atoms with Crippen molar-refractivity contribution in [2.24, 2.45) is 10.8 Å². The van der Waals surface area contributed by atoms with Crippen molar-refractivity contribution in [1.82, 2.24) is 9.80 Å². The van der Waals surface area contributed by atoms with Crippen LogP contribution in [0.1, 0.15) is 88.5 Å². The Morgan fingerprint density at radius 2 is 1.49 bits per heavy atom. The van der Waals surface area contributed by atoms with E-state index in [1.165, 1.54) is 0 Å². The summed E-state index contributed by atoms with van der Waals surface area (Å²) in [6.45, 7) is 21.8. The molecule has 0 radical (unpaired) electrons. The van der Waals surface area contributed by atoms with Gasteiger partial charge in [0, 0.05) is 36.6 Å². The summed E-state index contributed by atoms with van der Waals surface area (Å²) >= 11 is 0. The van der Waals surface area contributed by atoms with Gasteiger partial charge in [0.05, 0.1) is 36.2 Å². The van der Waals surface area contributed by atoms with Crippen LogP contribution in [-0.2, 0) is 24.1 Å². The van der Waals surface area contributed by atoms with Crippen LogP contribution in [0.4, 0.5) is 0 Å². The normalized spacial score (nSPS) is 15.5. The van der Waals surface area contributed by atoms with E-state index in [0.717, 1.165) is 12.8 Å². The molecule has 1 unspecified atom stereocenters. The molecule has 0 N–H and O–H groups in total. The van der Waals surface area contributed by atoms with Crippen molar-refractivity contribution in [2.45, 2.75) is 105 Å². The average Bonchev–Trinajstić information content (AvgIpc) is 2.65. The summed E-state index contributed by atoms with van der Waals surface area (Å²) < 4.78 is 36.8. The molecule has 35 heavy (non-hydrogen) atoms. The van der Waals surface area contributed by atoms with Gasteiger partial charge in [-0.3, -0.25) is 4.79 Å². The van der Waals surface area contributed by atoms with E-state index in [-0.39, 0.29) is 22.6 Å². The van der Waals surface area contributed by atoms with E-state index in [0.29, 0.717) is 32.8 Å². The molecule has 0 aliphatic carbocycles. The maximum absolute atomic E-state index is 13.0. The summed E-state index contributed by atoms with van der Waals surface area (Å²) in [5, 5.41) is -0.393. The fourth-order valence-corrected chi connectivity index (χ4v) is 5.10. The van der Waals surface area contributed by atoms with Gasteiger partial charge < -0.3 is 19.3 Å². The molecule has 1 amide bonds. The summed E-state index contributed by atoms with van der Waals surface area (Å²) in [5.74, 6) is 0.143. The van der Waals surface area contributed by atoms with E-state index < -0.39 is 26.1 Å². The van der Waals surface area contributed by atoms with Crippen LogP contribution in [0, 0.1) is 10.8 Å². The maximum Gasteiger partial charge on any atom is 0.225 e. The van der Waals surface area contributed by atoms with Gasteiger partial charge in [0.25, 0.3) is 0 Å². The minimum absolute atomic E-state index is 0.0351. The highest BCUT2D eigenvalue weighted by atomic mass is 32.2. The number of amides is 1. The molecule has 1 atom stereocenters. The number of hydrogen-bond acceptors (Lipinski definition) is 6. The first kappa shape index (κ1) is 34.3. The van der Waals surface area contributed by atoms with Crippen molar-refractivity contribution in [3.8, 4) is 0 Å². The number of hydrogen-bond donors (Lipinski definition) is 0. The molecule has 7 nitrogen and oxygen atoms in total. The fraction of sp³-hybridized carbons (Fsp3) is 0.963. The Morgan fingerprint density at radius 3 is 1.94 bits per heavy atom. The molecule has 0 fully saturated rings. The van der Waals surface area contributed by atoms with E-state index in [1.807, 2.05) is 34.7 Å². The molecule has 210 valence electrons. The zero-order valence-electron chi connectivity index (χ0n) is 25.1. The molecule has 0 aromatic heterocycles. The van der Waals surface area contributed by atoms with Crippen molar-refractivity contribution in [3.05, 3.63) is 0 Å². The molecule has 0 bridgehead atoms. The summed E-state index contributed by atoms with van der Waals surface area (Å²) in [6.07, 6.45) is 2.04. The lowest BCUT2D eigenvalue weighted by Crippen LogP contribution is -2.44. The third kappa shape index (κ3) is 12.9. The molecule has 0 aromatic rings. The smallest absolute Gasteiger partial charge is 0.225 e. The lowest BCUT2D eigenvalue weighted by molar-refractivity contribution is -0.139. The zero-order chi connectivity index (χ0) is 27.9. The lowest BCUT2D eigenvalue weighted by atomic mass is 9.87. The summed E-state index contributed by atoms with van der Waals surface area (Å²) in [4.78, 5) is 17.0. The maximum atomic E-state index is 13.0. The SMILES string of the molecule is CCC(C)(COCC(C)(C)CS(=O)(=O)C(C)C)CN(C)C(=O)CC(C)(C)OCCC(C)(C)N(C)C. The van der Waals surface area contributed by atoms with Crippen LogP contribution >= 0.6 is 0 Å². The van der Waals surface area contributed by atoms with Gasteiger partial charge in [0.15, 0.2) is 9.84 Å². The molecule has 0 spiro atoms. The predicted molar refractivity (Wildman–Crippen MR) is 147 cm³/mol. The van der Waals surface area contributed by atoms with Gasteiger partial charge >= 0.3 is 0 Å². The summed E-state index contributed by atoms with van der Waals surface area (Å²) in [7, 11) is 2.82. The zero-order valence-corrected chi connectivity index (χ0v) is 25.9. The van der Waals surface area contributed by atoms with Crippen LogP contribution in [0.5, 0.6) is 0 Å². The highest BCUT2D eigenvalue weighted by molar-refractivity contribution is 7.92. The van der Waals surface area contributed by atoms with E-state index in [2.05, 4.69) is 46.7 Å². The predicted octanol–water partition coefficient (Wildman–Crippen LogP) is 4.64. The number of rotatable bonds is 17. The molecule has 0 aliphatic heterocycles. The van der Waals surface area contributed by atoms with E-state index in [9.17, 15) is 13.2 Å². The third-order valence-corrected chi connectivity index (χ3v) is 9.77. The van der Waals surface area contributed by atoms with Crippen molar-refractivity contribution in [1.29, 1.82) is 0 Å². The minimum Gasteiger partial charge on any atom is -0.380 e. The minimum atomic E-state index is -3.14. The molecular weight excluding hydrogens is 464 g/mol. The van der Waals surface area contributed by atoms with Crippen LogP contribution in [0.3, 0.4) is 0 Å². The Morgan fingerprint density at radius 1 is 0.943 bits per heavy atom. The van der Waals surface area contributed by atoms with Gasteiger partial charge in [-0.2, -0.15) is 0 Å². The Kier molecular flexibility index (Phi) is 12.9. The molecule has 8 heteroatoms. The largest absolute Gasteiger partial charge is 0.380 e. The monoisotopic (exact) mass is 520 g/mol. The fourth-order valence-electron chi connectivity index (χ4n) is 3.60. The number of sulfone groups is 1. The van der Waals surface area contributed by atoms with Gasteiger partial charge in [-0.25, -0.2) is 8.42 Å². The van der Waals surface area contributed by atoms with Crippen molar-refractivity contribution < 1.29 is 22.7 Å². The highest BCUT2D eigenvalue weighted by Crippen LogP contribution is 2.27. The topological polar surface area (TPSA) is 76.2 Å². The van der Waals surface area contributed by atoms with Crippen LogP contribution < -0.4 is 0 Å². The molecular formula is C27H56N2O5S. The first-order valence-corrected chi connectivity index (χ1v) is 14.6. The lowest BCUT2D eigenvalue weighted by Gasteiger charge is -2.36. The van der Waals surface area contributed by atoms with Crippen LogP contribution in [-0.4, -0.2) is 93.8 Å². The third-order valence-electron chi connectivity index (χ3n) is 7.15. The molecule has 0 rings (SSSR count). The van der Waals surface area contributed by atoms with Crippen molar-refractivity contribution in [3.63, 3.8) is 0 Å². The van der Waals surface area contributed by atoms with Gasteiger partial charge in [0.1, 0.15) is 0 Å². The Bertz CT molecular complexity index is 760. The van der Waals surface area contributed by atoms with E-state index >= 15 is 0 Å². The number of carbonyl (C=O) groups excluding carboxylic acids is 1. The summed E-state index contributed by atoms with van der Waals surface area (Å²) in [6, 6.07) is 0. The van der Waals surface area contributed by atoms with Gasteiger partial charge in [0.2, 0.25) is 5.91 Å². The molecule has 0 saturated carbocycles. The highest BCUT2D eigenvalue weighted by Gasteiger charge is 2.33. The first-order chi connectivity index (χ1) is 15.6. The second kappa shape index (κ2) is 13.2. The quantitative estimate of drug-likeness (QED) is 0.278. The van der Waals surface area contributed by atoms with Gasteiger partial charge in [-0.15, -0.1) is 0 Å².